The third kappa shape index (κ3) is 3.17. The number of hydrogen-bond acceptors (Lipinski definition) is 4. The third-order valence-corrected chi connectivity index (χ3v) is 4.21. The number of thioether (sulfide) groups is 1. The molecular formula is C14H19NO4S. The van der Waals surface area contributed by atoms with Crippen LogP contribution in [0, 0.1) is 0 Å². The zero-order valence-corrected chi connectivity index (χ0v) is 12.3. The molecule has 1 amide bonds. The Morgan fingerprint density at radius 2 is 2.05 bits per heavy atom. The van der Waals surface area contributed by atoms with Crippen molar-refractivity contribution >= 4 is 23.6 Å². The molecule has 1 aromatic rings. The first-order valence-electron chi connectivity index (χ1n) is 6.71. The lowest BCUT2D eigenvalue weighted by Gasteiger charge is -2.33. The van der Waals surface area contributed by atoms with E-state index in [9.17, 15) is 14.7 Å². The Hall–Kier alpha value is -1.43. The van der Waals surface area contributed by atoms with E-state index >= 15 is 0 Å². The number of hydrogen-bond donors (Lipinski definition) is 2. The molecule has 0 saturated heterocycles. The number of furan rings is 1. The molecule has 2 rings (SSSR count). The van der Waals surface area contributed by atoms with Crippen LogP contribution in [0.1, 0.15) is 48.4 Å². The van der Waals surface area contributed by atoms with Crippen LogP contribution in [0.15, 0.2) is 16.5 Å². The summed E-state index contributed by atoms with van der Waals surface area (Å²) >= 11 is 1.60. The molecule has 0 aromatic carbocycles. The maximum absolute atomic E-state index is 12.2. The molecule has 1 heterocycles. The minimum atomic E-state index is -1.14. The van der Waals surface area contributed by atoms with Crippen molar-refractivity contribution < 1.29 is 19.1 Å². The van der Waals surface area contributed by atoms with E-state index in [1.165, 1.54) is 0 Å². The van der Waals surface area contributed by atoms with Gasteiger partial charge in [0.25, 0.3) is 5.91 Å². The molecule has 1 aliphatic carbocycles. The number of carboxylic acid groups (broad SMARTS) is 1. The zero-order valence-electron chi connectivity index (χ0n) is 11.5. The Morgan fingerprint density at radius 1 is 1.35 bits per heavy atom. The third-order valence-electron chi connectivity index (χ3n) is 3.64. The lowest BCUT2D eigenvalue weighted by atomic mass is 9.81. The van der Waals surface area contributed by atoms with Crippen LogP contribution in [0.5, 0.6) is 0 Å². The molecule has 0 bridgehead atoms. The summed E-state index contributed by atoms with van der Waals surface area (Å²) in [6.07, 6.45) is 5.57. The molecule has 1 aromatic heterocycles. The molecule has 6 heteroatoms. The van der Waals surface area contributed by atoms with Gasteiger partial charge in [-0.25, -0.2) is 4.79 Å². The van der Waals surface area contributed by atoms with Gasteiger partial charge in [0.05, 0.1) is 5.75 Å². The van der Waals surface area contributed by atoms with Crippen LogP contribution >= 0.6 is 11.8 Å². The summed E-state index contributed by atoms with van der Waals surface area (Å²) in [4.78, 5) is 23.7. The van der Waals surface area contributed by atoms with Gasteiger partial charge < -0.3 is 14.8 Å². The van der Waals surface area contributed by atoms with Crippen molar-refractivity contribution in [2.24, 2.45) is 0 Å². The van der Waals surface area contributed by atoms with Crippen molar-refractivity contribution in [2.75, 3.05) is 6.26 Å². The predicted octanol–water partition coefficient (Wildman–Crippen LogP) is 2.66. The smallest absolute Gasteiger partial charge is 0.329 e. The molecule has 1 fully saturated rings. The number of aliphatic carboxylic acids is 1. The molecule has 0 aliphatic heterocycles. The van der Waals surface area contributed by atoms with Gasteiger partial charge in [0.15, 0.2) is 5.76 Å². The maximum atomic E-state index is 12.2. The molecule has 0 atom stereocenters. The normalized spacial score (nSPS) is 17.6. The minimum Gasteiger partial charge on any atom is -0.480 e. The Bertz CT molecular complexity index is 491. The molecule has 1 aliphatic rings. The van der Waals surface area contributed by atoms with E-state index in [4.69, 9.17) is 4.42 Å². The van der Waals surface area contributed by atoms with Gasteiger partial charge in [0, 0.05) is 0 Å². The average Bonchev–Trinajstić information content (AvgIpc) is 2.89. The number of carbonyl (C=O) groups is 2. The second kappa shape index (κ2) is 6.35. The standard InChI is InChI=1S/C14H19NO4S/c1-20-9-10-5-6-11(19-10)12(16)15-14(13(17)18)7-3-2-4-8-14/h5-6H,2-4,7-9H2,1H3,(H,15,16)(H,17,18). The van der Waals surface area contributed by atoms with Crippen molar-refractivity contribution in [2.45, 2.75) is 43.4 Å². The van der Waals surface area contributed by atoms with Crippen LogP contribution in [0.25, 0.3) is 0 Å². The second-order valence-corrected chi connectivity index (χ2v) is 5.97. The maximum Gasteiger partial charge on any atom is 0.329 e. The van der Waals surface area contributed by atoms with Crippen LogP contribution in [0.2, 0.25) is 0 Å². The zero-order chi connectivity index (χ0) is 14.6. The van der Waals surface area contributed by atoms with E-state index in [1.54, 1.807) is 23.9 Å². The number of amides is 1. The molecule has 20 heavy (non-hydrogen) atoms. The summed E-state index contributed by atoms with van der Waals surface area (Å²) in [5.74, 6) is 0.191. The van der Waals surface area contributed by atoms with Gasteiger partial charge in [0.2, 0.25) is 0 Å². The largest absolute Gasteiger partial charge is 0.480 e. The SMILES string of the molecule is CSCc1ccc(C(=O)NC2(C(=O)O)CCCCC2)o1. The van der Waals surface area contributed by atoms with Crippen molar-refractivity contribution in [1.29, 1.82) is 0 Å². The van der Waals surface area contributed by atoms with Crippen LogP contribution < -0.4 is 5.32 Å². The van der Waals surface area contributed by atoms with E-state index < -0.39 is 17.4 Å². The Balaban J connectivity index is 2.09. The van der Waals surface area contributed by atoms with E-state index in [2.05, 4.69) is 5.32 Å². The topological polar surface area (TPSA) is 79.5 Å². The van der Waals surface area contributed by atoms with Crippen molar-refractivity contribution in [3.05, 3.63) is 23.7 Å². The first kappa shape index (κ1) is 15.0. The number of carbonyl (C=O) groups excluding carboxylic acids is 1. The van der Waals surface area contributed by atoms with Gasteiger partial charge >= 0.3 is 5.97 Å². The molecule has 0 spiro atoms. The van der Waals surface area contributed by atoms with Crippen molar-refractivity contribution in [3.63, 3.8) is 0 Å². The minimum absolute atomic E-state index is 0.181. The molecule has 0 unspecified atom stereocenters. The molecule has 2 N–H and O–H groups in total. The fraction of sp³-hybridized carbons (Fsp3) is 0.571. The second-order valence-electron chi connectivity index (χ2n) is 5.10. The van der Waals surface area contributed by atoms with Gasteiger partial charge in [0.1, 0.15) is 11.3 Å². The highest BCUT2D eigenvalue weighted by molar-refractivity contribution is 7.97. The Morgan fingerprint density at radius 3 is 2.65 bits per heavy atom. The van der Waals surface area contributed by atoms with E-state index in [-0.39, 0.29) is 5.76 Å². The van der Waals surface area contributed by atoms with Crippen LogP contribution in [-0.2, 0) is 10.5 Å². The fourth-order valence-corrected chi connectivity index (χ4v) is 2.99. The first-order valence-corrected chi connectivity index (χ1v) is 8.10. The first-order chi connectivity index (χ1) is 9.57. The highest BCUT2D eigenvalue weighted by Crippen LogP contribution is 2.29. The average molecular weight is 297 g/mol. The highest BCUT2D eigenvalue weighted by atomic mass is 32.2. The number of carboxylic acids is 1. The Kier molecular flexibility index (Phi) is 4.75. The quantitative estimate of drug-likeness (QED) is 0.873. The lowest BCUT2D eigenvalue weighted by Crippen LogP contribution is -2.55. The van der Waals surface area contributed by atoms with Gasteiger partial charge in [-0.3, -0.25) is 4.79 Å². The van der Waals surface area contributed by atoms with E-state index in [0.29, 0.717) is 18.6 Å². The summed E-state index contributed by atoms with van der Waals surface area (Å²) in [5.41, 5.74) is -1.14. The summed E-state index contributed by atoms with van der Waals surface area (Å²) < 4.78 is 5.43. The summed E-state index contributed by atoms with van der Waals surface area (Å²) in [7, 11) is 0. The van der Waals surface area contributed by atoms with E-state index in [1.807, 2.05) is 6.26 Å². The molecule has 110 valence electrons. The fourth-order valence-electron chi connectivity index (χ4n) is 2.55. The molecular weight excluding hydrogens is 278 g/mol. The molecule has 5 nitrogen and oxygen atoms in total. The Labute approximate surface area is 122 Å². The van der Waals surface area contributed by atoms with Crippen LogP contribution in [0.4, 0.5) is 0 Å². The van der Waals surface area contributed by atoms with Gasteiger partial charge in [-0.2, -0.15) is 11.8 Å². The van der Waals surface area contributed by atoms with Gasteiger partial charge in [-0.15, -0.1) is 0 Å². The summed E-state index contributed by atoms with van der Waals surface area (Å²) in [6, 6.07) is 3.35. The van der Waals surface area contributed by atoms with Crippen molar-refractivity contribution in [3.8, 4) is 0 Å². The van der Waals surface area contributed by atoms with Crippen molar-refractivity contribution in [1.82, 2.24) is 5.32 Å². The lowest BCUT2D eigenvalue weighted by molar-refractivity contribution is -0.145. The van der Waals surface area contributed by atoms with Crippen LogP contribution in [-0.4, -0.2) is 28.8 Å². The van der Waals surface area contributed by atoms with Gasteiger partial charge in [-0.05, 0) is 31.2 Å². The van der Waals surface area contributed by atoms with E-state index in [0.717, 1.165) is 25.0 Å². The summed E-state index contributed by atoms with van der Waals surface area (Å²) in [5, 5.41) is 12.1. The molecule has 1 saturated carbocycles. The number of rotatable bonds is 5. The number of nitrogens with one attached hydrogen (secondary N) is 1. The monoisotopic (exact) mass is 297 g/mol. The predicted molar refractivity (Wildman–Crippen MR) is 76.8 cm³/mol. The summed E-state index contributed by atoms with van der Waals surface area (Å²) in [6.45, 7) is 0. The van der Waals surface area contributed by atoms with Gasteiger partial charge in [-0.1, -0.05) is 19.3 Å². The van der Waals surface area contributed by atoms with Crippen LogP contribution in [0.3, 0.4) is 0 Å². The molecule has 0 radical (unpaired) electrons. The highest BCUT2D eigenvalue weighted by Gasteiger charge is 2.41.